The van der Waals surface area contributed by atoms with E-state index in [1.807, 2.05) is 38.1 Å². The summed E-state index contributed by atoms with van der Waals surface area (Å²) in [5, 5.41) is 14.0. The number of carboxylic acids is 1. The van der Waals surface area contributed by atoms with Gasteiger partial charge in [-0.15, -0.1) is 0 Å². The van der Waals surface area contributed by atoms with Gasteiger partial charge >= 0.3 is 5.97 Å². The molecule has 0 aliphatic carbocycles. The molecule has 0 radical (unpaired) electrons. The van der Waals surface area contributed by atoms with Crippen molar-refractivity contribution in [3.63, 3.8) is 0 Å². The smallest absolute Gasteiger partial charge is 0.304 e. The van der Waals surface area contributed by atoms with Crippen molar-refractivity contribution < 1.29 is 18.7 Å². The Kier molecular flexibility index (Phi) is 8.88. The third-order valence-corrected chi connectivity index (χ3v) is 6.60. The lowest BCUT2D eigenvalue weighted by molar-refractivity contribution is -0.137. The van der Waals surface area contributed by atoms with Crippen LogP contribution in [0.15, 0.2) is 48.5 Å². The SMILES string of the molecule is CC(C)NC(c1ccc(Cl)cc1)C(CC(C)(CC(=O)O)S(=O)[O-])c1cccc(Cl)c1. The van der Waals surface area contributed by atoms with Crippen LogP contribution in [0.2, 0.25) is 10.0 Å². The van der Waals surface area contributed by atoms with Crippen LogP contribution in [0.5, 0.6) is 0 Å². The van der Waals surface area contributed by atoms with E-state index in [9.17, 15) is 18.7 Å². The van der Waals surface area contributed by atoms with Crippen molar-refractivity contribution in [2.24, 2.45) is 0 Å². The van der Waals surface area contributed by atoms with Gasteiger partial charge < -0.3 is 15.0 Å². The Hall–Kier alpha value is -1.44. The lowest BCUT2D eigenvalue weighted by Gasteiger charge is -2.38. The van der Waals surface area contributed by atoms with E-state index in [1.165, 1.54) is 6.92 Å². The van der Waals surface area contributed by atoms with Crippen LogP contribution in [-0.4, -0.2) is 30.6 Å². The summed E-state index contributed by atoms with van der Waals surface area (Å²) in [6.45, 7) is 5.47. The zero-order valence-electron chi connectivity index (χ0n) is 17.1. The van der Waals surface area contributed by atoms with Crippen LogP contribution in [0, 0.1) is 0 Å². The largest absolute Gasteiger partial charge is 0.772 e. The van der Waals surface area contributed by atoms with Crippen LogP contribution in [0.4, 0.5) is 0 Å². The fourth-order valence-corrected chi connectivity index (χ4v) is 4.51. The first kappa shape index (κ1) is 24.8. The van der Waals surface area contributed by atoms with Gasteiger partial charge in [0.2, 0.25) is 0 Å². The monoisotopic (exact) mass is 470 g/mol. The Labute approximate surface area is 190 Å². The third-order valence-electron chi connectivity index (χ3n) is 5.00. The molecule has 5 nitrogen and oxygen atoms in total. The van der Waals surface area contributed by atoms with Crippen molar-refractivity contribution in [3.05, 3.63) is 69.7 Å². The first-order valence-corrected chi connectivity index (χ1v) is 11.4. The summed E-state index contributed by atoms with van der Waals surface area (Å²) in [4.78, 5) is 11.4. The van der Waals surface area contributed by atoms with Gasteiger partial charge in [0.25, 0.3) is 0 Å². The fourth-order valence-electron chi connectivity index (χ4n) is 3.62. The van der Waals surface area contributed by atoms with Crippen LogP contribution < -0.4 is 5.32 Å². The van der Waals surface area contributed by atoms with E-state index in [0.717, 1.165) is 11.1 Å². The summed E-state index contributed by atoms with van der Waals surface area (Å²) in [6.07, 6.45) is -0.391. The van der Waals surface area contributed by atoms with E-state index in [0.29, 0.717) is 10.0 Å². The van der Waals surface area contributed by atoms with Crippen LogP contribution in [0.1, 0.15) is 56.7 Å². The van der Waals surface area contributed by atoms with Crippen LogP contribution in [0.3, 0.4) is 0 Å². The summed E-state index contributed by atoms with van der Waals surface area (Å²) in [5.74, 6) is -1.51. The highest BCUT2D eigenvalue weighted by Gasteiger charge is 2.37. The van der Waals surface area contributed by atoms with Gasteiger partial charge in [-0.2, -0.15) is 0 Å². The molecule has 164 valence electrons. The molecular formula is C22H26Cl2NO4S-. The summed E-state index contributed by atoms with van der Waals surface area (Å²) < 4.78 is 22.7. The van der Waals surface area contributed by atoms with Crippen LogP contribution >= 0.6 is 23.2 Å². The van der Waals surface area contributed by atoms with Crippen LogP contribution in [0.25, 0.3) is 0 Å². The molecule has 8 heteroatoms. The molecule has 2 rings (SSSR count). The molecule has 4 unspecified atom stereocenters. The Balaban J connectivity index is 2.60. The Morgan fingerprint density at radius 3 is 2.27 bits per heavy atom. The molecule has 4 atom stereocenters. The van der Waals surface area contributed by atoms with Crippen molar-refractivity contribution in [1.29, 1.82) is 0 Å². The zero-order valence-corrected chi connectivity index (χ0v) is 19.4. The highest BCUT2D eigenvalue weighted by atomic mass is 35.5. The second kappa shape index (κ2) is 10.7. The van der Waals surface area contributed by atoms with Crippen molar-refractivity contribution in [2.75, 3.05) is 0 Å². The van der Waals surface area contributed by atoms with Gasteiger partial charge in [0.15, 0.2) is 0 Å². The number of hydrogen-bond acceptors (Lipinski definition) is 4. The number of carboxylic acid groups (broad SMARTS) is 1. The lowest BCUT2D eigenvalue weighted by atomic mass is 9.79. The standard InChI is InChI=1S/C22H27Cl2NO4S/c1-14(2)25-21(15-7-9-17(23)10-8-15)19(16-5-4-6-18(24)11-16)12-22(3,30(28)29)13-20(26)27/h4-11,14,19,21,25H,12-13H2,1-3H3,(H,26,27)(H,28,29)/p-1. The molecule has 2 aromatic rings. The van der Waals surface area contributed by atoms with Gasteiger partial charge in [-0.25, -0.2) is 0 Å². The molecule has 0 fully saturated rings. The van der Waals surface area contributed by atoms with Gasteiger partial charge in [-0.3, -0.25) is 9.00 Å². The number of aliphatic carboxylic acids is 1. The molecule has 30 heavy (non-hydrogen) atoms. The Bertz CT molecular complexity index is 891. The van der Waals surface area contributed by atoms with Crippen molar-refractivity contribution >= 4 is 40.3 Å². The molecule has 0 bridgehead atoms. The van der Waals surface area contributed by atoms with Gasteiger partial charge in [0.05, 0.1) is 6.42 Å². The predicted octanol–water partition coefficient (Wildman–Crippen LogP) is 5.32. The van der Waals surface area contributed by atoms with Gasteiger partial charge in [0.1, 0.15) is 0 Å². The van der Waals surface area contributed by atoms with Crippen molar-refractivity contribution in [2.45, 2.75) is 56.4 Å². The number of carbonyl (C=O) groups is 1. The van der Waals surface area contributed by atoms with Gasteiger partial charge in [-0.05, 0) is 59.8 Å². The van der Waals surface area contributed by atoms with Gasteiger partial charge in [-0.1, -0.05) is 61.3 Å². The summed E-state index contributed by atoms with van der Waals surface area (Å²) in [7, 11) is 0. The van der Waals surface area contributed by atoms with E-state index < -0.39 is 28.2 Å². The number of benzene rings is 2. The maximum Gasteiger partial charge on any atom is 0.304 e. The second-order valence-corrected chi connectivity index (χ2v) is 10.3. The highest BCUT2D eigenvalue weighted by molar-refractivity contribution is 7.80. The first-order valence-electron chi connectivity index (χ1n) is 9.60. The highest BCUT2D eigenvalue weighted by Crippen LogP contribution is 2.41. The minimum atomic E-state index is -2.59. The third kappa shape index (κ3) is 6.79. The van der Waals surface area contributed by atoms with Crippen molar-refractivity contribution in [3.8, 4) is 0 Å². The maximum atomic E-state index is 12.1. The second-order valence-electron chi connectivity index (χ2n) is 7.97. The summed E-state index contributed by atoms with van der Waals surface area (Å²) in [6, 6.07) is 14.4. The molecule has 0 heterocycles. The van der Waals surface area contributed by atoms with E-state index in [1.54, 1.807) is 24.3 Å². The van der Waals surface area contributed by atoms with E-state index in [4.69, 9.17) is 23.2 Å². The number of rotatable bonds is 10. The molecular weight excluding hydrogens is 445 g/mol. The zero-order chi connectivity index (χ0) is 22.5. The normalized spacial score (nSPS) is 16.6. The Morgan fingerprint density at radius 2 is 1.77 bits per heavy atom. The Morgan fingerprint density at radius 1 is 1.13 bits per heavy atom. The van der Waals surface area contributed by atoms with Gasteiger partial charge in [0, 0.05) is 32.8 Å². The summed E-state index contributed by atoms with van der Waals surface area (Å²) in [5.41, 5.74) is 1.75. The molecule has 0 spiro atoms. The minimum Gasteiger partial charge on any atom is -0.772 e. The quantitative estimate of drug-likeness (QED) is 0.458. The molecule has 2 N–H and O–H groups in total. The molecule has 0 aliphatic heterocycles. The molecule has 0 aliphatic rings. The lowest BCUT2D eigenvalue weighted by Crippen LogP contribution is -2.40. The van der Waals surface area contributed by atoms with Crippen LogP contribution in [-0.2, 0) is 15.9 Å². The summed E-state index contributed by atoms with van der Waals surface area (Å²) >= 11 is 9.70. The molecule has 0 saturated carbocycles. The van der Waals surface area contributed by atoms with E-state index >= 15 is 0 Å². The van der Waals surface area contributed by atoms with E-state index in [-0.39, 0.29) is 24.4 Å². The van der Waals surface area contributed by atoms with Crippen molar-refractivity contribution in [1.82, 2.24) is 5.32 Å². The molecule has 0 saturated heterocycles. The molecule has 0 amide bonds. The number of halogens is 2. The predicted molar refractivity (Wildman–Crippen MR) is 121 cm³/mol. The number of hydrogen-bond donors (Lipinski definition) is 2. The average molecular weight is 471 g/mol. The average Bonchev–Trinajstić information content (AvgIpc) is 2.64. The molecule has 0 aromatic heterocycles. The minimum absolute atomic E-state index is 0.0934. The number of nitrogens with one attached hydrogen (secondary N) is 1. The topological polar surface area (TPSA) is 89.5 Å². The first-order chi connectivity index (χ1) is 14.0. The maximum absolute atomic E-state index is 12.1. The molecule has 2 aromatic carbocycles. The van der Waals surface area contributed by atoms with E-state index in [2.05, 4.69) is 5.32 Å². The fraction of sp³-hybridized carbons (Fsp3) is 0.409.